The topological polar surface area (TPSA) is 71.8 Å². The van der Waals surface area contributed by atoms with Gasteiger partial charge in [-0.25, -0.2) is 0 Å². The minimum Gasteiger partial charge on any atom is -0.507 e. The molecule has 0 aliphatic carbocycles. The maximum atomic E-state index is 13.3. The van der Waals surface area contributed by atoms with E-state index in [1.165, 1.54) is 11.3 Å². The fraction of sp³-hybridized carbons (Fsp3) is 0.267. The molecular formula is C30H30N2O4S. The van der Waals surface area contributed by atoms with Crippen molar-refractivity contribution in [2.75, 3.05) is 13.2 Å². The number of thiophene rings is 1. The molecule has 0 radical (unpaired) electrons. The van der Waals surface area contributed by atoms with Crippen molar-refractivity contribution in [1.82, 2.24) is 9.47 Å². The average molecular weight is 515 g/mol. The van der Waals surface area contributed by atoms with Crippen LogP contribution in [-0.4, -0.2) is 39.4 Å². The van der Waals surface area contributed by atoms with Gasteiger partial charge in [-0.15, -0.1) is 11.3 Å². The molecular weight excluding hydrogens is 484 g/mol. The number of aromatic nitrogens is 1. The number of aliphatic hydroxyl groups is 1. The highest BCUT2D eigenvalue weighted by atomic mass is 32.1. The van der Waals surface area contributed by atoms with Gasteiger partial charge < -0.3 is 19.3 Å². The molecule has 1 fully saturated rings. The van der Waals surface area contributed by atoms with E-state index in [-0.39, 0.29) is 11.3 Å². The van der Waals surface area contributed by atoms with Crippen molar-refractivity contribution in [3.8, 4) is 5.75 Å². The molecule has 37 heavy (non-hydrogen) atoms. The lowest BCUT2D eigenvalue weighted by Gasteiger charge is -2.24. The highest BCUT2D eigenvalue weighted by Crippen LogP contribution is 2.41. The smallest absolute Gasteiger partial charge is 0.295 e. The Morgan fingerprint density at radius 2 is 1.81 bits per heavy atom. The number of para-hydroxylation sites is 1. The molecule has 2 aromatic carbocycles. The minimum atomic E-state index is -0.658. The number of ether oxygens (including phenoxy) is 1. The molecule has 1 unspecified atom stereocenters. The molecule has 0 bridgehead atoms. The number of Topliss-reactive ketones (excluding diaryl/α,β-unsaturated/α-hetero) is 1. The Morgan fingerprint density at radius 3 is 2.51 bits per heavy atom. The lowest BCUT2D eigenvalue weighted by atomic mass is 9.99. The maximum absolute atomic E-state index is 13.3. The van der Waals surface area contributed by atoms with E-state index in [0.29, 0.717) is 36.8 Å². The van der Waals surface area contributed by atoms with E-state index in [1.807, 2.05) is 36.7 Å². The van der Waals surface area contributed by atoms with Gasteiger partial charge in [0.1, 0.15) is 11.5 Å². The van der Waals surface area contributed by atoms with E-state index < -0.39 is 17.7 Å². The summed E-state index contributed by atoms with van der Waals surface area (Å²) in [5.41, 5.74) is 2.84. The Balaban J connectivity index is 1.47. The predicted molar refractivity (Wildman–Crippen MR) is 147 cm³/mol. The SMILES string of the molecule is CC(C)COc1ccc(/C(O)=C2/C(=O)C(=O)N(CCc3cn(C)c4ccccc34)C2c2cccs2)cc1. The summed E-state index contributed by atoms with van der Waals surface area (Å²) >= 11 is 1.47. The number of likely N-dealkylation sites (tertiary alicyclic amines) is 1. The standard InChI is InChI=1S/C30H30N2O4S/c1-19(2)18-36-22-12-10-20(11-13-22)28(33)26-27(25-9-6-16-37-25)32(30(35)29(26)34)15-14-21-17-31(3)24-8-5-4-7-23(21)24/h4-13,16-17,19,27,33H,14-15,18H2,1-3H3/b28-26-. The van der Waals surface area contributed by atoms with Gasteiger partial charge >= 0.3 is 0 Å². The molecule has 0 spiro atoms. The number of aliphatic hydroxyl groups excluding tert-OH is 1. The number of rotatable bonds is 8. The predicted octanol–water partition coefficient (Wildman–Crippen LogP) is 5.94. The fourth-order valence-electron chi connectivity index (χ4n) is 4.85. The summed E-state index contributed by atoms with van der Waals surface area (Å²) in [6.07, 6.45) is 2.67. The molecule has 0 saturated carbocycles. The largest absolute Gasteiger partial charge is 0.507 e. The molecule has 1 aliphatic rings. The van der Waals surface area contributed by atoms with E-state index >= 15 is 0 Å². The van der Waals surface area contributed by atoms with E-state index in [0.717, 1.165) is 21.3 Å². The fourth-order valence-corrected chi connectivity index (χ4v) is 5.69. The maximum Gasteiger partial charge on any atom is 0.295 e. The van der Waals surface area contributed by atoms with Crippen LogP contribution in [-0.2, 0) is 23.1 Å². The molecule has 6 nitrogen and oxygen atoms in total. The Morgan fingerprint density at radius 1 is 1.05 bits per heavy atom. The van der Waals surface area contributed by atoms with Gasteiger partial charge in [0, 0.05) is 41.1 Å². The normalized spacial score (nSPS) is 17.3. The highest BCUT2D eigenvalue weighted by molar-refractivity contribution is 7.10. The van der Waals surface area contributed by atoms with Gasteiger partial charge in [0.05, 0.1) is 18.2 Å². The van der Waals surface area contributed by atoms with Crippen LogP contribution in [0.4, 0.5) is 0 Å². The number of fused-ring (bicyclic) bond motifs is 1. The van der Waals surface area contributed by atoms with Crippen molar-refractivity contribution in [3.63, 3.8) is 0 Å². The average Bonchev–Trinajstić information content (AvgIpc) is 3.60. The van der Waals surface area contributed by atoms with Gasteiger partial charge in [0.25, 0.3) is 11.7 Å². The summed E-state index contributed by atoms with van der Waals surface area (Å²) < 4.78 is 7.82. The molecule has 1 aliphatic heterocycles. The van der Waals surface area contributed by atoms with Crippen LogP contribution in [0.5, 0.6) is 5.75 Å². The van der Waals surface area contributed by atoms with E-state index in [2.05, 4.69) is 36.7 Å². The molecule has 2 aromatic heterocycles. The monoisotopic (exact) mass is 514 g/mol. The van der Waals surface area contributed by atoms with Crippen LogP contribution < -0.4 is 4.74 Å². The Kier molecular flexibility index (Phi) is 6.89. The second-order valence-corrected chi connectivity index (χ2v) is 10.7. The minimum absolute atomic E-state index is 0.126. The number of ketones is 1. The molecule has 1 N–H and O–H groups in total. The van der Waals surface area contributed by atoms with Crippen molar-refractivity contribution >= 4 is 39.7 Å². The van der Waals surface area contributed by atoms with Gasteiger partial charge in [-0.1, -0.05) is 38.1 Å². The first-order valence-electron chi connectivity index (χ1n) is 12.4. The second kappa shape index (κ2) is 10.3. The number of nitrogens with zero attached hydrogens (tertiary/aromatic N) is 2. The van der Waals surface area contributed by atoms with Gasteiger partial charge in [-0.3, -0.25) is 9.59 Å². The van der Waals surface area contributed by atoms with Crippen LogP contribution in [0.1, 0.15) is 35.9 Å². The quantitative estimate of drug-likeness (QED) is 0.179. The summed E-state index contributed by atoms with van der Waals surface area (Å²) in [6, 6.07) is 18.3. The molecule has 7 heteroatoms. The summed E-state index contributed by atoms with van der Waals surface area (Å²) in [5.74, 6) is -0.329. The van der Waals surface area contributed by atoms with Crippen molar-refractivity contribution < 1.29 is 19.4 Å². The number of aryl methyl sites for hydroxylation is 1. The van der Waals surface area contributed by atoms with Crippen LogP contribution in [0.15, 0.2) is 77.8 Å². The summed E-state index contributed by atoms with van der Waals surface area (Å²) in [5, 5.41) is 14.3. The molecule has 190 valence electrons. The highest BCUT2D eigenvalue weighted by Gasteiger charge is 2.46. The lowest BCUT2D eigenvalue weighted by molar-refractivity contribution is -0.139. The molecule has 4 aromatic rings. The Hall–Kier alpha value is -3.84. The Labute approximate surface area is 220 Å². The van der Waals surface area contributed by atoms with Crippen molar-refractivity contribution in [1.29, 1.82) is 0 Å². The van der Waals surface area contributed by atoms with Crippen LogP contribution in [0.3, 0.4) is 0 Å². The van der Waals surface area contributed by atoms with Gasteiger partial charge in [0.2, 0.25) is 0 Å². The zero-order chi connectivity index (χ0) is 26.1. The van der Waals surface area contributed by atoms with Crippen molar-refractivity contribution in [2.24, 2.45) is 13.0 Å². The van der Waals surface area contributed by atoms with Crippen LogP contribution >= 0.6 is 11.3 Å². The zero-order valence-electron chi connectivity index (χ0n) is 21.2. The van der Waals surface area contributed by atoms with Gasteiger partial charge in [0.15, 0.2) is 0 Å². The number of carbonyl (C=O) groups is 2. The summed E-state index contributed by atoms with van der Waals surface area (Å²) in [4.78, 5) is 29.0. The zero-order valence-corrected chi connectivity index (χ0v) is 22.0. The number of carbonyl (C=O) groups excluding carboxylic acids is 2. The second-order valence-electron chi connectivity index (χ2n) is 9.77. The molecule has 3 heterocycles. The molecule has 1 atom stereocenters. The summed E-state index contributed by atoms with van der Waals surface area (Å²) in [6.45, 7) is 5.10. The van der Waals surface area contributed by atoms with Gasteiger partial charge in [-0.2, -0.15) is 0 Å². The third-order valence-corrected chi connectivity index (χ3v) is 7.59. The first-order chi connectivity index (χ1) is 17.8. The Bertz CT molecular complexity index is 1470. The van der Waals surface area contributed by atoms with Crippen LogP contribution in [0, 0.1) is 5.92 Å². The van der Waals surface area contributed by atoms with Gasteiger partial charge in [-0.05, 0) is 59.7 Å². The third-order valence-electron chi connectivity index (χ3n) is 6.67. The van der Waals surface area contributed by atoms with Crippen molar-refractivity contribution in [3.05, 3.63) is 93.8 Å². The first kappa shape index (κ1) is 24.8. The van der Waals surface area contributed by atoms with E-state index in [4.69, 9.17) is 4.74 Å². The number of hydrogen-bond acceptors (Lipinski definition) is 5. The number of amides is 1. The van der Waals surface area contributed by atoms with E-state index in [9.17, 15) is 14.7 Å². The van der Waals surface area contributed by atoms with E-state index in [1.54, 1.807) is 29.2 Å². The molecule has 1 saturated heterocycles. The van der Waals surface area contributed by atoms with Crippen LogP contribution in [0.25, 0.3) is 16.7 Å². The van der Waals surface area contributed by atoms with Crippen LogP contribution in [0.2, 0.25) is 0 Å². The van der Waals surface area contributed by atoms with Crippen molar-refractivity contribution in [2.45, 2.75) is 26.3 Å². The first-order valence-corrected chi connectivity index (χ1v) is 13.3. The lowest BCUT2D eigenvalue weighted by Crippen LogP contribution is -2.31. The molecule has 5 rings (SSSR count). The number of benzene rings is 2. The molecule has 1 amide bonds. The number of hydrogen-bond donors (Lipinski definition) is 1. The summed E-state index contributed by atoms with van der Waals surface area (Å²) in [7, 11) is 2.00. The third kappa shape index (κ3) is 4.79.